The second-order valence-electron chi connectivity index (χ2n) is 4.67. The van der Waals surface area contributed by atoms with Crippen LogP contribution in [0.4, 0.5) is 0 Å². The summed E-state index contributed by atoms with van der Waals surface area (Å²) in [6.45, 7) is 4.58. The molecule has 1 heterocycles. The number of rotatable bonds is 7. The van der Waals surface area contributed by atoms with Gasteiger partial charge in [-0.3, -0.25) is 0 Å². The smallest absolute Gasteiger partial charge is 0.254 e. The van der Waals surface area contributed by atoms with Gasteiger partial charge in [0.15, 0.2) is 5.69 Å². The summed E-state index contributed by atoms with van der Waals surface area (Å²) in [5, 5.41) is 1.09. The normalized spacial score (nSPS) is 11.1. The van der Waals surface area contributed by atoms with Crippen molar-refractivity contribution in [1.29, 1.82) is 0 Å². The van der Waals surface area contributed by atoms with Gasteiger partial charge < -0.3 is 9.64 Å². The van der Waals surface area contributed by atoms with E-state index in [4.69, 9.17) is 27.9 Å². The van der Waals surface area contributed by atoms with E-state index in [1.165, 1.54) is 0 Å². The maximum Gasteiger partial charge on any atom is 0.254 e. The second-order valence-corrected chi connectivity index (χ2v) is 6.01. The molecule has 114 valence electrons. The second kappa shape index (κ2) is 7.94. The van der Waals surface area contributed by atoms with E-state index < -0.39 is 0 Å². The molecule has 0 spiro atoms. The van der Waals surface area contributed by atoms with Gasteiger partial charge in [-0.25, -0.2) is 0 Å². The molecule has 0 fully saturated rings. The Morgan fingerprint density at radius 3 is 2.57 bits per heavy atom. The van der Waals surface area contributed by atoms with Crippen LogP contribution in [-0.4, -0.2) is 40.4 Å². The summed E-state index contributed by atoms with van der Waals surface area (Å²) >= 11 is 13.5. The van der Waals surface area contributed by atoms with Crippen molar-refractivity contribution in [2.45, 2.75) is 13.3 Å². The molecular weight excluding hydrogens is 329 g/mol. The molecule has 0 N–H and O–H groups in total. The lowest BCUT2D eigenvalue weighted by Crippen LogP contribution is -2.25. The lowest BCUT2D eigenvalue weighted by Gasteiger charge is -2.15. The first-order valence-corrected chi connectivity index (χ1v) is 8.20. The van der Waals surface area contributed by atoms with Crippen LogP contribution in [0.25, 0.3) is 11.3 Å². The van der Waals surface area contributed by atoms with Crippen LogP contribution in [-0.2, 0) is 0 Å². The number of hydrogen-bond acceptors (Lipinski definition) is 5. The van der Waals surface area contributed by atoms with Gasteiger partial charge in [-0.05, 0) is 32.1 Å². The van der Waals surface area contributed by atoms with E-state index >= 15 is 0 Å². The minimum Gasteiger partial charge on any atom is -0.474 e. The topological polar surface area (TPSA) is 38.2 Å². The molecule has 4 nitrogen and oxygen atoms in total. The van der Waals surface area contributed by atoms with E-state index in [0.29, 0.717) is 33.8 Å². The monoisotopic (exact) mass is 345 g/mol. The predicted octanol–water partition coefficient (Wildman–Crippen LogP) is 4.23. The molecule has 0 saturated carbocycles. The van der Waals surface area contributed by atoms with Gasteiger partial charge in [-0.1, -0.05) is 36.2 Å². The van der Waals surface area contributed by atoms with Gasteiger partial charge in [0.1, 0.15) is 6.61 Å². The van der Waals surface area contributed by atoms with Crippen molar-refractivity contribution < 1.29 is 4.74 Å². The van der Waals surface area contributed by atoms with E-state index in [1.807, 2.05) is 0 Å². The van der Waals surface area contributed by atoms with Crippen molar-refractivity contribution >= 4 is 34.9 Å². The molecule has 1 aromatic heterocycles. The molecule has 7 heteroatoms. The third-order valence-corrected chi connectivity index (χ3v) is 4.12. The van der Waals surface area contributed by atoms with Crippen molar-refractivity contribution in [1.82, 2.24) is 13.6 Å². The van der Waals surface area contributed by atoms with Gasteiger partial charge in [0, 0.05) is 12.1 Å². The Balaban J connectivity index is 2.09. The molecule has 0 saturated heterocycles. The van der Waals surface area contributed by atoms with Crippen LogP contribution in [0.3, 0.4) is 0 Å². The summed E-state index contributed by atoms with van der Waals surface area (Å²) in [7, 11) is 2.07. The molecule has 21 heavy (non-hydrogen) atoms. The largest absolute Gasteiger partial charge is 0.474 e. The Hall–Kier alpha value is -0.880. The number of likely N-dealkylation sites (N-methyl/N-ethyl adjacent to an activating group) is 1. The lowest BCUT2D eigenvalue weighted by atomic mass is 10.1. The van der Waals surface area contributed by atoms with Crippen molar-refractivity contribution in [2.75, 3.05) is 26.7 Å². The zero-order chi connectivity index (χ0) is 15.2. The third-order valence-electron chi connectivity index (χ3n) is 2.98. The number of ether oxygens (including phenoxy) is 1. The summed E-state index contributed by atoms with van der Waals surface area (Å²) < 4.78 is 14.2. The molecule has 2 rings (SSSR count). The van der Waals surface area contributed by atoms with E-state index in [-0.39, 0.29) is 0 Å². The average molecular weight is 346 g/mol. The SMILES string of the molecule is CCCN(C)CCOc1nsnc1-c1c(Cl)cccc1Cl. The summed E-state index contributed by atoms with van der Waals surface area (Å²) in [5.74, 6) is 0.486. The molecule has 1 aromatic carbocycles. The Kier molecular flexibility index (Phi) is 6.23. The Morgan fingerprint density at radius 1 is 1.19 bits per heavy atom. The Bertz CT molecular complexity index is 571. The van der Waals surface area contributed by atoms with E-state index in [2.05, 4.69) is 27.6 Å². The highest BCUT2D eigenvalue weighted by Crippen LogP contribution is 2.38. The van der Waals surface area contributed by atoms with E-state index in [1.54, 1.807) is 18.2 Å². The quantitative estimate of drug-likeness (QED) is 0.752. The highest BCUT2D eigenvalue weighted by Gasteiger charge is 2.18. The van der Waals surface area contributed by atoms with Gasteiger partial charge in [0.2, 0.25) is 0 Å². The molecule has 0 bridgehead atoms. The average Bonchev–Trinajstić information content (AvgIpc) is 2.87. The maximum atomic E-state index is 6.21. The molecule has 0 aliphatic heterocycles. The minimum absolute atomic E-state index is 0.486. The van der Waals surface area contributed by atoms with E-state index in [9.17, 15) is 0 Å². The van der Waals surface area contributed by atoms with Crippen LogP contribution in [0.15, 0.2) is 18.2 Å². The van der Waals surface area contributed by atoms with Gasteiger partial charge in [0.05, 0.1) is 21.8 Å². The lowest BCUT2D eigenvalue weighted by molar-refractivity contribution is 0.234. The molecule has 0 atom stereocenters. The van der Waals surface area contributed by atoms with Crippen molar-refractivity contribution in [3.63, 3.8) is 0 Å². The van der Waals surface area contributed by atoms with Gasteiger partial charge in [-0.2, -0.15) is 4.37 Å². The third kappa shape index (κ3) is 4.30. The van der Waals surface area contributed by atoms with E-state index in [0.717, 1.165) is 31.2 Å². The number of aromatic nitrogens is 2. The number of halogens is 2. The van der Waals surface area contributed by atoms with Crippen LogP contribution in [0, 0.1) is 0 Å². The van der Waals surface area contributed by atoms with Gasteiger partial charge >= 0.3 is 0 Å². The fourth-order valence-electron chi connectivity index (χ4n) is 1.94. The van der Waals surface area contributed by atoms with Crippen LogP contribution in [0.1, 0.15) is 13.3 Å². The Labute approximate surface area is 139 Å². The van der Waals surface area contributed by atoms with Crippen molar-refractivity contribution in [3.8, 4) is 17.1 Å². The van der Waals surface area contributed by atoms with Crippen LogP contribution in [0.2, 0.25) is 10.0 Å². The van der Waals surface area contributed by atoms with Crippen LogP contribution in [0.5, 0.6) is 5.88 Å². The molecule has 0 unspecified atom stereocenters. The minimum atomic E-state index is 0.486. The van der Waals surface area contributed by atoms with Crippen molar-refractivity contribution in [3.05, 3.63) is 28.2 Å². The summed E-state index contributed by atoms with van der Waals surface area (Å²) in [4.78, 5) is 2.21. The fourth-order valence-corrected chi connectivity index (χ4v) is 3.03. The highest BCUT2D eigenvalue weighted by atomic mass is 35.5. The summed E-state index contributed by atoms with van der Waals surface area (Å²) in [6, 6.07) is 5.36. The first kappa shape index (κ1) is 16.5. The number of benzene rings is 1. The first-order valence-electron chi connectivity index (χ1n) is 6.71. The Morgan fingerprint density at radius 2 is 1.90 bits per heavy atom. The molecule has 0 radical (unpaired) electrons. The summed E-state index contributed by atoms with van der Waals surface area (Å²) in [5.41, 5.74) is 1.28. The zero-order valence-electron chi connectivity index (χ0n) is 12.0. The van der Waals surface area contributed by atoms with Crippen LogP contribution >= 0.6 is 34.9 Å². The first-order chi connectivity index (χ1) is 10.1. The molecule has 0 aliphatic rings. The molecule has 0 aliphatic carbocycles. The molecule has 0 amide bonds. The van der Waals surface area contributed by atoms with Gasteiger partial charge in [0.25, 0.3) is 5.88 Å². The maximum absolute atomic E-state index is 6.21. The number of nitrogens with zero attached hydrogens (tertiary/aromatic N) is 3. The van der Waals surface area contributed by atoms with Crippen molar-refractivity contribution in [2.24, 2.45) is 0 Å². The van der Waals surface area contributed by atoms with Gasteiger partial charge in [-0.15, -0.1) is 4.37 Å². The standard InChI is InChI=1S/C14H17Cl2N3OS/c1-3-7-19(2)8-9-20-14-13(17-21-18-14)12-10(15)5-4-6-11(12)16/h4-6H,3,7-9H2,1-2H3. The zero-order valence-corrected chi connectivity index (χ0v) is 14.3. The van der Waals surface area contributed by atoms with Crippen LogP contribution < -0.4 is 4.74 Å². The highest BCUT2D eigenvalue weighted by molar-refractivity contribution is 6.99. The predicted molar refractivity (Wildman–Crippen MR) is 88.6 cm³/mol. The summed E-state index contributed by atoms with van der Waals surface area (Å²) in [6.07, 6.45) is 1.12. The molecular formula is C14H17Cl2N3OS. The molecule has 2 aromatic rings. The fraction of sp³-hybridized carbons (Fsp3) is 0.429. The number of hydrogen-bond donors (Lipinski definition) is 0.